The highest BCUT2D eigenvalue weighted by Crippen LogP contribution is 2.22. The first-order valence-electron chi connectivity index (χ1n) is 7.79. The zero-order valence-electron chi connectivity index (χ0n) is 13.8. The molecule has 0 spiro atoms. The summed E-state index contributed by atoms with van der Waals surface area (Å²) in [7, 11) is 1.33. The quantitative estimate of drug-likeness (QED) is 0.572. The van der Waals surface area contributed by atoms with Gasteiger partial charge in [-0.2, -0.15) is 0 Å². The number of amides is 1. The van der Waals surface area contributed by atoms with E-state index >= 15 is 0 Å². The van der Waals surface area contributed by atoms with Crippen molar-refractivity contribution in [2.75, 3.05) is 13.7 Å². The van der Waals surface area contributed by atoms with Crippen LogP contribution < -0.4 is 10.6 Å². The van der Waals surface area contributed by atoms with E-state index < -0.39 is 6.04 Å². The van der Waals surface area contributed by atoms with E-state index in [1.54, 1.807) is 23.0 Å². The second kappa shape index (κ2) is 7.84. The van der Waals surface area contributed by atoms with E-state index in [4.69, 9.17) is 23.2 Å². The molecule has 2 N–H and O–H groups in total. The van der Waals surface area contributed by atoms with Crippen LogP contribution in [0.3, 0.4) is 0 Å². The smallest absolute Gasteiger partial charge is 0.312 e. The maximum Gasteiger partial charge on any atom is 0.312 e. The normalized spacial score (nSPS) is 20.0. The largest absolute Gasteiger partial charge is 0.469 e. The zero-order chi connectivity index (χ0) is 18.7. The lowest BCUT2D eigenvalue weighted by Crippen LogP contribution is -2.59. The summed E-state index contributed by atoms with van der Waals surface area (Å²) in [6.45, 7) is 0.655. The molecule has 1 unspecified atom stereocenters. The Labute approximate surface area is 159 Å². The Morgan fingerprint density at radius 2 is 2.19 bits per heavy atom. The molecule has 2 aliphatic heterocycles. The van der Waals surface area contributed by atoms with E-state index in [0.717, 1.165) is 5.56 Å². The highest BCUT2D eigenvalue weighted by Gasteiger charge is 2.38. The Balaban J connectivity index is 1.66. The minimum atomic E-state index is -0.394. The van der Waals surface area contributed by atoms with E-state index in [2.05, 4.69) is 25.5 Å². The molecule has 1 aromatic carbocycles. The molecule has 1 atom stereocenters. The summed E-state index contributed by atoms with van der Waals surface area (Å²) in [6.07, 6.45) is 1.90. The molecule has 0 bridgehead atoms. The van der Waals surface area contributed by atoms with Gasteiger partial charge < -0.3 is 10.1 Å². The Morgan fingerprint density at radius 1 is 1.38 bits per heavy atom. The third kappa shape index (κ3) is 4.20. The van der Waals surface area contributed by atoms with Gasteiger partial charge in [-0.15, -0.1) is 0 Å². The Bertz CT molecular complexity index is 850. The standard InChI is InChI=1S/C16H15Cl2N5O3/c1-26-13(24)4-5-23-8-12-14(22-23)15(25)21-16(20-12)19-7-9-2-3-10(17)11(18)6-9/h2-3,6,8,12H,4-5,7H2,1H3,(H-,19,20,21,25)/p+1. The number of hydrogen-bond acceptors (Lipinski definition) is 5. The van der Waals surface area contributed by atoms with Crippen molar-refractivity contribution in [2.45, 2.75) is 19.0 Å². The molecule has 0 aromatic heterocycles. The number of carbonyl (C=O) groups is 2. The molecule has 1 saturated heterocycles. The van der Waals surface area contributed by atoms with Crippen LogP contribution in [-0.4, -0.2) is 54.1 Å². The summed E-state index contributed by atoms with van der Waals surface area (Å²) in [5, 5.41) is 10.9. The monoisotopic (exact) mass is 396 g/mol. The second-order valence-electron chi connectivity index (χ2n) is 5.61. The first-order chi connectivity index (χ1) is 12.5. The molecule has 2 aliphatic rings. The number of fused-ring (bicyclic) bond motifs is 1. The maximum atomic E-state index is 12.2. The molecule has 1 fully saturated rings. The molecular weight excluding hydrogens is 381 g/mol. The number of nitrogens with zero attached hydrogens (tertiary/aromatic N) is 3. The van der Waals surface area contributed by atoms with Gasteiger partial charge in [0.2, 0.25) is 11.9 Å². The predicted molar refractivity (Wildman–Crippen MR) is 97.9 cm³/mol. The van der Waals surface area contributed by atoms with E-state index in [0.29, 0.717) is 34.8 Å². The number of carbonyl (C=O) groups excluding carboxylic acids is 2. The number of nitrogens with one attached hydrogen (secondary N) is 2. The molecule has 26 heavy (non-hydrogen) atoms. The number of benzene rings is 1. The topological polar surface area (TPSA) is 95.2 Å². The van der Waals surface area contributed by atoms with Crippen LogP contribution in [0.15, 0.2) is 28.3 Å². The molecule has 1 aromatic rings. The van der Waals surface area contributed by atoms with Crippen LogP contribution >= 0.6 is 23.2 Å². The molecule has 2 heterocycles. The van der Waals surface area contributed by atoms with Crippen LogP contribution in [0.2, 0.25) is 10.0 Å². The molecule has 0 saturated carbocycles. The minimum Gasteiger partial charge on any atom is -0.469 e. The van der Waals surface area contributed by atoms with Crippen LogP contribution in [0, 0.1) is 0 Å². The first-order valence-corrected chi connectivity index (χ1v) is 8.55. The van der Waals surface area contributed by atoms with Gasteiger partial charge in [0, 0.05) is 5.10 Å². The minimum absolute atomic E-state index is 0.177. The number of aliphatic imine (C=N–C) groups is 1. The van der Waals surface area contributed by atoms with Crippen LogP contribution in [-0.2, 0) is 20.9 Å². The number of hydrogen-bond donors (Lipinski definition) is 2. The van der Waals surface area contributed by atoms with Crippen molar-refractivity contribution >= 4 is 53.0 Å². The Kier molecular flexibility index (Phi) is 5.53. The lowest BCUT2D eigenvalue weighted by Gasteiger charge is -2.19. The third-order valence-electron chi connectivity index (χ3n) is 3.79. The first kappa shape index (κ1) is 18.3. The van der Waals surface area contributed by atoms with Crippen molar-refractivity contribution < 1.29 is 19.0 Å². The summed E-state index contributed by atoms with van der Waals surface area (Å²) in [4.78, 5) is 27.8. The van der Waals surface area contributed by atoms with E-state index in [9.17, 15) is 9.59 Å². The number of guanidine groups is 1. The second-order valence-corrected chi connectivity index (χ2v) is 6.43. The predicted octanol–water partition coefficient (Wildman–Crippen LogP) is 0.953. The van der Waals surface area contributed by atoms with E-state index in [-0.39, 0.29) is 18.3 Å². The summed E-state index contributed by atoms with van der Waals surface area (Å²) in [5.74, 6) is -0.329. The number of esters is 1. The lowest BCUT2D eigenvalue weighted by atomic mass is 10.1. The highest BCUT2D eigenvalue weighted by atomic mass is 35.5. The van der Waals surface area contributed by atoms with Gasteiger partial charge in [0.05, 0.1) is 23.7 Å². The molecular formula is C16H16Cl2N5O3+. The van der Waals surface area contributed by atoms with Crippen LogP contribution in [0.1, 0.15) is 12.0 Å². The zero-order valence-corrected chi connectivity index (χ0v) is 15.3. The SMILES string of the molecule is COC(=O)CC[N+]1=CC2NC(=NCc3ccc(Cl)c(Cl)c3)NC(=O)C2=N1. The van der Waals surface area contributed by atoms with Gasteiger partial charge >= 0.3 is 5.97 Å². The van der Waals surface area contributed by atoms with Gasteiger partial charge in [-0.05, 0) is 17.7 Å². The molecule has 1 amide bonds. The van der Waals surface area contributed by atoms with Crippen LogP contribution in [0.5, 0.6) is 0 Å². The van der Waals surface area contributed by atoms with Crippen molar-refractivity contribution in [3.8, 4) is 0 Å². The van der Waals surface area contributed by atoms with Gasteiger partial charge in [-0.1, -0.05) is 34.0 Å². The lowest BCUT2D eigenvalue weighted by molar-refractivity contribution is -0.525. The van der Waals surface area contributed by atoms with Crippen molar-refractivity contribution in [3.05, 3.63) is 33.8 Å². The summed E-state index contributed by atoms with van der Waals surface area (Å²) < 4.78 is 6.14. The summed E-state index contributed by atoms with van der Waals surface area (Å²) >= 11 is 11.9. The molecule has 0 aliphatic carbocycles. The Morgan fingerprint density at radius 3 is 2.92 bits per heavy atom. The van der Waals surface area contributed by atoms with Crippen molar-refractivity contribution in [1.82, 2.24) is 10.6 Å². The molecule has 3 rings (SSSR count). The average Bonchev–Trinajstić information content (AvgIpc) is 3.04. The van der Waals surface area contributed by atoms with Crippen molar-refractivity contribution in [2.24, 2.45) is 10.1 Å². The fourth-order valence-corrected chi connectivity index (χ4v) is 2.77. The number of hydrazone groups is 1. The van der Waals surface area contributed by atoms with Gasteiger partial charge in [0.25, 0.3) is 5.91 Å². The number of rotatable bonds is 5. The molecule has 10 heteroatoms. The highest BCUT2D eigenvalue weighted by molar-refractivity contribution is 6.48. The number of ether oxygens (including phenoxy) is 1. The fourth-order valence-electron chi connectivity index (χ4n) is 2.45. The average molecular weight is 397 g/mol. The van der Waals surface area contributed by atoms with E-state index in [1.807, 2.05) is 6.07 Å². The fraction of sp³-hybridized carbons (Fsp3) is 0.312. The van der Waals surface area contributed by atoms with Gasteiger partial charge in [0.1, 0.15) is 6.42 Å². The number of halogens is 2. The van der Waals surface area contributed by atoms with Gasteiger partial charge in [-0.25, -0.2) is 4.99 Å². The van der Waals surface area contributed by atoms with E-state index in [1.165, 1.54) is 7.11 Å². The maximum absolute atomic E-state index is 12.2. The summed E-state index contributed by atoms with van der Waals surface area (Å²) in [5.41, 5.74) is 1.18. The van der Waals surface area contributed by atoms with Crippen molar-refractivity contribution in [3.63, 3.8) is 0 Å². The van der Waals surface area contributed by atoms with Crippen molar-refractivity contribution in [1.29, 1.82) is 0 Å². The molecule has 0 radical (unpaired) electrons. The Hall–Kier alpha value is -2.45. The summed E-state index contributed by atoms with van der Waals surface area (Å²) in [6, 6.07) is 4.84. The molecule has 8 nitrogen and oxygen atoms in total. The number of methoxy groups -OCH3 is 1. The third-order valence-corrected chi connectivity index (χ3v) is 4.52. The van der Waals surface area contributed by atoms with Gasteiger partial charge in [0.15, 0.2) is 18.5 Å². The van der Waals surface area contributed by atoms with Gasteiger partial charge in [-0.3, -0.25) is 14.9 Å². The van der Waals surface area contributed by atoms with Crippen LogP contribution in [0.4, 0.5) is 0 Å². The van der Waals surface area contributed by atoms with Crippen LogP contribution in [0.25, 0.3) is 0 Å². The molecule has 136 valence electrons.